The van der Waals surface area contributed by atoms with E-state index in [9.17, 15) is 19.8 Å². The number of nitrogens with one attached hydrogen (secondary N) is 3. The summed E-state index contributed by atoms with van der Waals surface area (Å²) in [5.74, 6) is -0.871. The van der Waals surface area contributed by atoms with Gasteiger partial charge in [0.15, 0.2) is 11.5 Å². The maximum Gasteiger partial charge on any atom is 0.328 e. The number of anilines is 4. The lowest BCUT2D eigenvalue weighted by atomic mass is 10.1. The van der Waals surface area contributed by atoms with Gasteiger partial charge in [-0.25, -0.2) is 9.78 Å². The van der Waals surface area contributed by atoms with E-state index in [2.05, 4.69) is 41.8 Å². The first-order chi connectivity index (χ1) is 19.7. The third-order valence-corrected chi connectivity index (χ3v) is 6.62. The number of benzene rings is 3. The highest BCUT2D eigenvalue weighted by molar-refractivity contribution is 9.10. The number of amides is 1. The minimum absolute atomic E-state index is 0.147. The van der Waals surface area contributed by atoms with Crippen LogP contribution in [0.4, 0.5) is 23.1 Å². The summed E-state index contributed by atoms with van der Waals surface area (Å²) in [5, 5.41) is 28.4. The molecule has 212 valence electrons. The average Bonchev–Trinajstić information content (AvgIpc) is 2.96. The second kappa shape index (κ2) is 13.6. The van der Waals surface area contributed by atoms with E-state index in [1.165, 1.54) is 25.4 Å². The van der Waals surface area contributed by atoms with Crippen molar-refractivity contribution < 1.29 is 24.5 Å². The van der Waals surface area contributed by atoms with Gasteiger partial charge in [0.2, 0.25) is 11.9 Å². The number of hydrogen-bond donors (Lipinski definition) is 6. The third kappa shape index (κ3) is 8.16. The van der Waals surface area contributed by atoms with Crippen molar-refractivity contribution in [1.29, 1.82) is 0 Å². The van der Waals surface area contributed by atoms with E-state index < -0.39 is 18.1 Å². The molecule has 0 aliphatic carbocycles. The van der Waals surface area contributed by atoms with E-state index in [0.29, 0.717) is 33.6 Å². The van der Waals surface area contributed by atoms with Crippen molar-refractivity contribution in [3.8, 4) is 11.5 Å². The average molecular weight is 621 g/mol. The normalized spacial score (nSPS) is 12.2. The van der Waals surface area contributed by atoms with Gasteiger partial charge in [-0.2, -0.15) is 4.98 Å². The van der Waals surface area contributed by atoms with Crippen LogP contribution in [-0.2, 0) is 27.2 Å². The second-order valence-electron chi connectivity index (χ2n) is 9.13. The number of aromatic hydroxyl groups is 2. The maximum absolute atomic E-state index is 12.7. The number of phenolic OH excluding ortho intramolecular Hbond substituents is 2. The summed E-state index contributed by atoms with van der Waals surface area (Å²) >= 11 is 3.40. The molecule has 3 aromatic carbocycles. The number of hydrogen-bond acceptors (Lipinski definition) is 10. The minimum atomic E-state index is -0.860. The van der Waals surface area contributed by atoms with Crippen molar-refractivity contribution in [3.05, 3.63) is 94.6 Å². The lowest BCUT2D eigenvalue weighted by Gasteiger charge is -2.19. The number of ether oxygens (including phenoxy) is 1. The molecule has 0 aliphatic rings. The molecule has 2 atom stereocenters. The Hall–Kier alpha value is -4.68. The fourth-order valence-electron chi connectivity index (χ4n) is 3.96. The van der Waals surface area contributed by atoms with Crippen LogP contribution in [0.15, 0.2) is 83.5 Å². The zero-order chi connectivity index (χ0) is 29.4. The molecule has 0 fully saturated rings. The molecule has 1 amide bonds. The number of aromatic nitrogens is 2. The van der Waals surface area contributed by atoms with Gasteiger partial charge in [-0.05, 0) is 63.8 Å². The molecular formula is C29H29BrN6O5. The monoisotopic (exact) mass is 620 g/mol. The minimum Gasteiger partial charge on any atom is -0.504 e. The van der Waals surface area contributed by atoms with Gasteiger partial charge in [-0.15, -0.1) is 0 Å². The summed E-state index contributed by atoms with van der Waals surface area (Å²) in [6.45, 7) is 0. The lowest BCUT2D eigenvalue weighted by molar-refractivity contribution is -0.141. The van der Waals surface area contributed by atoms with Gasteiger partial charge in [-0.3, -0.25) is 4.79 Å². The van der Waals surface area contributed by atoms with E-state index >= 15 is 0 Å². The molecule has 4 rings (SSSR count). The van der Waals surface area contributed by atoms with Crippen LogP contribution >= 0.6 is 15.9 Å². The van der Waals surface area contributed by atoms with Crippen LogP contribution in [0.1, 0.15) is 11.1 Å². The Kier molecular flexibility index (Phi) is 9.72. The summed E-state index contributed by atoms with van der Waals surface area (Å²) in [6.07, 6.45) is 2.08. The lowest BCUT2D eigenvalue weighted by Crippen LogP contribution is -2.37. The van der Waals surface area contributed by atoms with Crippen LogP contribution in [0, 0.1) is 0 Å². The first-order valence-electron chi connectivity index (χ1n) is 12.6. The second-order valence-corrected chi connectivity index (χ2v) is 9.98. The summed E-state index contributed by atoms with van der Waals surface area (Å²) in [7, 11) is 1.27. The molecule has 2 unspecified atom stereocenters. The van der Waals surface area contributed by atoms with Crippen LogP contribution in [0.3, 0.4) is 0 Å². The van der Waals surface area contributed by atoms with Gasteiger partial charge in [0, 0.05) is 24.0 Å². The van der Waals surface area contributed by atoms with Gasteiger partial charge in [-0.1, -0.05) is 42.5 Å². The van der Waals surface area contributed by atoms with Crippen molar-refractivity contribution >= 4 is 50.9 Å². The third-order valence-electron chi connectivity index (χ3n) is 6.04. The van der Waals surface area contributed by atoms with Gasteiger partial charge >= 0.3 is 5.97 Å². The van der Waals surface area contributed by atoms with Gasteiger partial charge in [0.05, 0.1) is 17.6 Å². The highest BCUT2D eigenvalue weighted by Crippen LogP contribution is 2.27. The Balaban J connectivity index is 1.44. The van der Waals surface area contributed by atoms with Crippen LogP contribution in [0.5, 0.6) is 11.5 Å². The molecule has 1 aromatic heterocycles. The van der Waals surface area contributed by atoms with Crippen molar-refractivity contribution in [2.45, 2.75) is 24.9 Å². The number of carbonyl (C=O) groups excluding carboxylic acids is 2. The van der Waals surface area contributed by atoms with E-state index in [0.717, 1.165) is 5.56 Å². The fourth-order valence-corrected chi connectivity index (χ4v) is 4.27. The van der Waals surface area contributed by atoms with Crippen LogP contribution in [0.25, 0.3) is 0 Å². The number of nitrogens with zero attached hydrogens (tertiary/aromatic N) is 2. The molecule has 4 aromatic rings. The Morgan fingerprint density at radius 3 is 2.44 bits per heavy atom. The Morgan fingerprint density at radius 1 is 0.951 bits per heavy atom. The quantitative estimate of drug-likeness (QED) is 0.106. The Morgan fingerprint density at radius 2 is 1.71 bits per heavy atom. The number of rotatable bonds is 11. The molecule has 7 N–H and O–H groups in total. The predicted molar refractivity (Wildman–Crippen MR) is 159 cm³/mol. The first-order valence-corrected chi connectivity index (χ1v) is 13.4. The molecule has 41 heavy (non-hydrogen) atoms. The standard InChI is InChI=1S/C29H29BrN6O5/c1-41-28(40)23(13-18-10-11-24(37)25(38)14-18)35-26-21(30)16-32-29(36-26)34-20-9-5-8-19(15-20)33-27(39)22(31)12-17-6-3-2-4-7-17/h2-11,14-16,22-23,37-38H,12-13,31H2,1H3,(H,33,39)(H2,32,34,35,36). The van der Waals surface area contributed by atoms with Crippen LogP contribution in [0.2, 0.25) is 0 Å². The topological polar surface area (TPSA) is 172 Å². The Bertz CT molecular complexity index is 1520. The molecule has 0 bridgehead atoms. The van der Waals surface area contributed by atoms with Gasteiger partial charge in [0.25, 0.3) is 0 Å². The molecule has 0 radical (unpaired) electrons. The molecule has 0 spiro atoms. The van der Waals surface area contributed by atoms with E-state index in [1.807, 2.05) is 30.3 Å². The zero-order valence-corrected chi connectivity index (χ0v) is 23.6. The predicted octanol–water partition coefficient (Wildman–Crippen LogP) is 4.10. The van der Waals surface area contributed by atoms with E-state index in [4.69, 9.17) is 10.5 Å². The highest BCUT2D eigenvalue weighted by atomic mass is 79.9. The maximum atomic E-state index is 12.7. The molecule has 0 saturated heterocycles. The molecule has 0 saturated carbocycles. The summed E-state index contributed by atoms with van der Waals surface area (Å²) < 4.78 is 5.44. The van der Waals surface area contributed by atoms with Gasteiger partial charge < -0.3 is 36.6 Å². The molecule has 11 nitrogen and oxygen atoms in total. The number of carbonyl (C=O) groups is 2. The van der Waals surface area contributed by atoms with Crippen molar-refractivity contribution in [2.75, 3.05) is 23.1 Å². The van der Waals surface area contributed by atoms with Crippen LogP contribution < -0.4 is 21.7 Å². The zero-order valence-electron chi connectivity index (χ0n) is 22.0. The first kappa shape index (κ1) is 29.3. The summed E-state index contributed by atoms with van der Waals surface area (Å²) in [5.41, 5.74) is 8.82. The van der Waals surface area contributed by atoms with Gasteiger partial charge in [0.1, 0.15) is 11.9 Å². The SMILES string of the molecule is COC(=O)C(Cc1ccc(O)c(O)c1)Nc1nc(Nc2cccc(NC(=O)C(N)Cc3ccccc3)c2)ncc1Br. The van der Waals surface area contributed by atoms with Crippen LogP contribution in [-0.4, -0.2) is 51.3 Å². The number of phenols is 2. The summed E-state index contributed by atoms with van der Waals surface area (Å²) in [4.78, 5) is 33.9. The number of methoxy groups -OCH3 is 1. The molecule has 12 heteroatoms. The van der Waals surface area contributed by atoms with Crippen molar-refractivity contribution in [2.24, 2.45) is 5.73 Å². The van der Waals surface area contributed by atoms with E-state index in [-0.39, 0.29) is 29.8 Å². The van der Waals surface area contributed by atoms with E-state index in [1.54, 1.807) is 30.3 Å². The number of halogens is 1. The molecule has 1 heterocycles. The van der Waals surface area contributed by atoms with Crippen molar-refractivity contribution in [1.82, 2.24) is 9.97 Å². The summed E-state index contributed by atoms with van der Waals surface area (Å²) in [6, 6.07) is 19.3. The highest BCUT2D eigenvalue weighted by Gasteiger charge is 2.22. The smallest absolute Gasteiger partial charge is 0.328 e. The number of nitrogens with two attached hydrogens (primary N) is 1. The fraction of sp³-hybridized carbons (Fsp3) is 0.172. The molecule has 0 aliphatic heterocycles. The number of esters is 1. The van der Waals surface area contributed by atoms with Crippen molar-refractivity contribution in [3.63, 3.8) is 0 Å². The largest absolute Gasteiger partial charge is 0.504 e. The molecular weight excluding hydrogens is 592 g/mol. The Labute approximate surface area is 244 Å².